The van der Waals surface area contributed by atoms with Crippen LogP contribution in [-0.2, 0) is 11.2 Å². The monoisotopic (exact) mass is 234 g/mol. The van der Waals surface area contributed by atoms with Crippen molar-refractivity contribution in [2.75, 3.05) is 0 Å². The lowest BCUT2D eigenvalue weighted by atomic mass is 10.1. The first kappa shape index (κ1) is 11.4. The highest BCUT2D eigenvalue weighted by atomic mass is 16.4. The zero-order valence-corrected chi connectivity index (χ0v) is 9.32. The van der Waals surface area contributed by atoms with Gasteiger partial charge >= 0.3 is 11.7 Å². The van der Waals surface area contributed by atoms with Crippen LogP contribution < -0.4 is 5.69 Å². The highest BCUT2D eigenvalue weighted by Gasteiger charge is 2.01. The Morgan fingerprint density at radius 1 is 1.18 bits per heavy atom. The van der Waals surface area contributed by atoms with Crippen LogP contribution in [0.15, 0.2) is 23.0 Å². The number of aryl methyl sites for hydroxylation is 1. The molecule has 1 aromatic heterocycles. The van der Waals surface area contributed by atoms with Gasteiger partial charge in [0.1, 0.15) is 0 Å². The summed E-state index contributed by atoms with van der Waals surface area (Å²) in [5, 5.41) is 8.51. The van der Waals surface area contributed by atoms with E-state index in [4.69, 9.17) is 5.11 Å². The first-order valence-electron chi connectivity index (χ1n) is 5.58. The molecule has 17 heavy (non-hydrogen) atoms. The topological polar surface area (TPSA) is 85.9 Å². The first-order valence-corrected chi connectivity index (χ1v) is 5.58. The molecular weight excluding hydrogens is 220 g/mol. The van der Waals surface area contributed by atoms with Crippen molar-refractivity contribution in [2.45, 2.75) is 25.7 Å². The molecule has 90 valence electrons. The van der Waals surface area contributed by atoms with Gasteiger partial charge in [0.25, 0.3) is 0 Å². The van der Waals surface area contributed by atoms with Gasteiger partial charge in [0.05, 0.1) is 11.0 Å². The summed E-state index contributed by atoms with van der Waals surface area (Å²) in [6.45, 7) is 0. The number of fused-ring (bicyclic) bond motifs is 1. The summed E-state index contributed by atoms with van der Waals surface area (Å²) in [7, 11) is 0. The van der Waals surface area contributed by atoms with E-state index in [0.717, 1.165) is 29.4 Å². The van der Waals surface area contributed by atoms with Crippen molar-refractivity contribution in [3.63, 3.8) is 0 Å². The number of benzene rings is 1. The van der Waals surface area contributed by atoms with E-state index < -0.39 is 5.97 Å². The fraction of sp³-hybridized carbons (Fsp3) is 0.333. The Bertz CT molecular complexity index is 583. The molecule has 0 spiro atoms. The number of carboxylic acid groups (broad SMARTS) is 1. The molecule has 1 heterocycles. The van der Waals surface area contributed by atoms with E-state index in [1.807, 2.05) is 18.2 Å². The molecule has 1 aromatic carbocycles. The lowest BCUT2D eigenvalue weighted by Crippen LogP contribution is -1.99. The van der Waals surface area contributed by atoms with Gasteiger partial charge in [-0.2, -0.15) is 0 Å². The SMILES string of the molecule is O=C(O)CCCCc1ccc2[nH]c(=O)[nH]c2c1. The number of carbonyl (C=O) groups is 1. The highest BCUT2D eigenvalue weighted by Crippen LogP contribution is 2.12. The minimum atomic E-state index is -0.754. The molecule has 0 unspecified atom stereocenters. The maximum absolute atomic E-state index is 11.1. The number of H-pyrrole nitrogens is 2. The lowest BCUT2D eigenvalue weighted by molar-refractivity contribution is -0.137. The molecule has 0 saturated carbocycles. The molecule has 0 aliphatic carbocycles. The molecule has 0 bridgehead atoms. The van der Waals surface area contributed by atoms with E-state index >= 15 is 0 Å². The second-order valence-corrected chi connectivity index (χ2v) is 4.06. The van der Waals surface area contributed by atoms with Gasteiger partial charge in [-0.25, -0.2) is 4.79 Å². The molecule has 0 aliphatic rings. The Balaban J connectivity index is 1.99. The molecule has 3 N–H and O–H groups in total. The number of aromatic nitrogens is 2. The van der Waals surface area contributed by atoms with Crippen molar-refractivity contribution in [1.29, 1.82) is 0 Å². The number of carboxylic acids is 1. The van der Waals surface area contributed by atoms with E-state index in [9.17, 15) is 9.59 Å². The van der Waals surface area contributed by atoms with Gasteiger partial charge in [-0.3, -0.25) is 4.79 Å². The van der Waals surface area contributed by atoms with Crippen molar-refractivity contribution >= 4 is 17.0 Å². The molecule has 0 radical (unpaired) electrons. The Kier molecular flexibility index (Phi) is 3.27. The van der Waals surface area contributed by atoms with Crippen LogP contribution in [-0.4, -0.2) is 21.0 Å². The smallest absolute Gasteiger partial charge is 0.323 e. The average Bonchev–Trinajstić information content (AvgIpc) is 2.63. The summed E-state index contributed by atoms with van der Waals surface area (Å²) in [5.74, 6) is -0.754. The maximum atomic E-state index is 11.1. The van der Waals surface area contributed by atoms with E-state index in [0.29, 0.717) is 6.42 Å². The number of hydrogen-bond acceptors (Lipinski definition) is 2. The van der Waals surface area contributed by atoms with Gasteiger partial charge in [-0.15, -0.1) is 0 Å². The number of hydrogen-bond donors (Lipinski definition) is 3. The zero-order valence-electron chi connectivity index (χ0n) is 9.32. The fourth-order valence-electron chi connectivity index (χ4n) is 1.84. The number of aliphatic carboxylic acids is 1. The second kappa shape index (κ2) is 4.86. The molecule has 0 atom stereocenters. The summed E-state index contributed by atoms with van der Waals surface area (Å²) < 4.78 is 0. The summed E-state index contributed by atoms with van der Waals surface area (Å²) in [5.41, 5.74) is 2.50. The Hall–Kier alpha value is -2.04. The van der Waals surface area contributed by atoms with Crippen molar-refractivity contribution in [3.8, 4) is 0 Å². The predicted octanol–water partition coefficient (Wildman–Crippen LogP) is 1.65. The predicted molar refractivity (Wildman–Crippen MR) is 64.1 cm³/mol. The van der Waals surface area contributed by atoms with Gasteiger partial charge in [0.2, 0.25) is 0 Å². The number of aromatic amines is 2. The Morgan fingerprint density at radius 2 is 1.94 bits per heavy atom. The van der Waals surface area contributed by atoms with Crippen molar-refractivity contribution < 1.29 is 9.90 Å². The molecule has 0 saturated heterocycles. The molecule has 5 heteroatoms. The molecule has 0 aliphatic heterocycles. The molecule has 5 nitrogen and oxygen atoms in total. The number of unbranched alkanes of at least 4 members (excludes halogenated alkanes) is 1. The summed E-state index contributed by atoms with van der Waals surface area (Å²) in [6.07, 6.45) is 2.56. The molecule has 0 fully saturated rings. The molecular formula is C12H14N2O3. The standard InChI is InChI=1S/C12H14N2O3/c15-11(16)4-2-1-3-8-5-6-9-10(7-8)14-12(17)13-9/h5-7H,1-4H2,(H,15,16)(H2,13,14,17). The first-order chi connectivity index (χ1) is 8.15. The Morgan fingerprint density at radius 3 is 2.71 bits per heavy atom. The Labute approximate surface area is 97.5 Å². The van der Waals surface area contributed by atoms with Crippen LogP contribution >= 0.6 is 0 Å². The molecule has 2 aromatic rings. The third kappa shape index (κ3) is 2.96. The van der Waals surface area contributed by atoms with Crippen molar-refractivity contribution in [1.82, 2.24) is 9.97 Å². The summed E-state index contributed by atoms with van der Waals surface area (Å²) in [4.78, 5) is 26.8. The van der Waals surface area contributed by atoms with Gasteiger partial charge in [-0.1, -0.05) is 6.07 Å². The lowest BCUT2D eigenvalue weighted by Gasteiger charge is -2.00. The second-order valence-electron chi connectivity index (χ2n) is 4.06. The van der Waals surface area contributed by atoms with Crippen LogP contribution in [0.3, 0.4) is 0 Å². The van der Waals surface area contributed by atoms with Gasteiger partial charge in [0.15, 0.2) is 0 Å². The van der Waals surface area contributed by atoms with Crippen LogP contribution in [0, 0.1) is 0 Å². The summed E-state index contributed by atoms with van der Waals surface area (Å²) in [6, 6.07) is 5.74. The van der Waals surface area contributed by atoms with E-state index in [-0.39, 0.29) is 12.1 Å². The highest BCUT2D eigenvalue weighted by molar-refractivity contribution is 5.75. The maximum Gasteiger partial charge on any atom is 0.323 e. The minimum absolute atomic E-state index is 0.206. The molecule has 0 amide bonds. The number of imidazole rings is 1. The third-order valence-electron chi connectivity index (χ3n) is 2.69. The molecule has 2 rings (SSSR count). The minimum Gasteiger partial charge on any atom is -0.481 e. The number of rotatable bonds is 5. The van der Waals surface area contributed by atoms with Gasteiger partial charge < -0.3 is 15.1 Å². The van der Waals surface area contributed by atoms with Crippen LogP contribution in [0.5, 0.6) is 0 Å². The third-order valence-corrected chi connectivity index (χ3v) is 2.69. The van der Waals surface area contributed by atoms with Gasteiger partial charge in [0, 0.05) is 6.42 Å². The van der Waals surface area contributed by atoms with Crippen LogP contribution in [0.25, 0.3) is 11.0 Å². The number of nitrogens with one attached hydrogen (secondary N) is 2. The van der Waals surface area contributed by atoms with Crippen molar-refractivity contribution in [2.24, 2.45) is 0 Å². The van der Waals surface area contributed by atoms with Crippen LogP contribution in [0.2, 0.25) is 0 Å². The van der Waals surface area contributed by atoms with E-state index in [1.54, 1.807) is 0 Å². The van der Waals surface area contributed by atoms with Gasteiger partial charge in [-0.05, 0) is 37.0 Å². The van der Waals surface area contributed by atoms with Crippen LogP contribution in [0.4, 0.5) is 0 Å². The van der Waals surface area contributed by atoms with E-state index in [1.165, 1.54) is 0 Å². The zero-order chi connectivity index (χ0) is 12.3. The fourth-order valence-corrected chi connectivity index (χ4v) is 1.84. The normalized spacial score (nSPS) is 10.8. The largest absolute Gasteiger partial charge is 0.481 e. The quantitative estimate of drug-likeness (QED) is 0.687. The van der Waals surface area contributed by atoms with Crippen LogP contribution in [0.1, 0.15) is 24.8 Å². The summed E-state index contributed by atoms with van der Waals surface area (Å²) >= 11 is 0. The average molecular weight is 234 g/mol. The van der Waals surface area contributed by atoms with E-state index in [2.05, 4.69) is 9.97 Å². The van der Waals surface area contributed by atoms with Crippen molar-refractivity contribution in [3.05, 3.63) is 34.2 Å².